The van der Waals surface area contributed by atoms with Crippen LogP contribution >= 0.6 is 0 Å². The summed E-state index contributed by atoms with van der Waals surface area (Å²) in [5, 5.41) is 8.68. The van der Waals surface area contributed by atoms with Crippen LogP contribution in [0.4, 0.5) is 4.39 Å². The molecule has 0 radical (unpaired) electrons. The number of nitrogens with one attached hydrogen (secondary N) is 1. The molecule has 1 aromatic heterocycles. The third-order valence-corrected chi connectivity index (χ3v) is 3.56. The van der Waals surface area contributed by atoms with Crippen LogP contribution in [0.2, 0.25) is 0 Å². The first-order chi connectivity index (χ1) is 10.3. The largest absolute Gasteiger partial charge is 0.313 e. The smallest absolute Gasteiger partial charge is 0.128 e. The Morgan fingerprint density at radius 2 is 2.05 bits per heavy atom. The van der Waals surface area contributed by atoms with Gasteiger partial charge in [-0.15, -0.1) is 0 Å². The van der Waals surface area contributed by atoms with Crippen molar-refractivity contribution in [3.8, 4) is 0 Å². The molecular formula is C17H18FN3. The molecule has 0 saturated carbocycles. The van der Waals surface area contributed by atoms with Gasteiger partial charge in [0.05, 0.1) is 18.3 Å². The Morgan fingerprint density at radius 3 is 2.90 bits per heavy atom. The highest BCUT2D eigenvalue weighted by molar-refractivity contribution is 5.78. The van der Waals surface area contributed by atoms with E-state index in [4.69, 9.17) is 0 Å². The quantitative estimate of drug-likeness (QED) is 0.778. The van der Waals surface area contributed by atoms with Crippen LogP contribution in [0.15, 0.2) is 48.7 Å². The van der Waals surface area contributed by atoms with Crippen LogP contribution in [0.1, 0.15) is 18.1 Å². The van der Waals surface area contributed by atoms with Crippen molar-refractivity contribution in [2.45, 2.75) is 20.0 Å². The highest BCUT2D eigenvalue weighted by atomic mass is 19.1. The third-order valence-electron chi connectivity index (χ3n) is 3.56. The van der Waals surface area contributed by atoms with Gasteiger partial charge in [-0.2, -0.15) is 5.10 Å². The second-order valence-corrected chi connectivity index (χ2v) is 5.07. The topological polar surface area (TPSA) is 29.9 Å². The van der Waals surface area contributed by atoms with Crippen LogP contribution in [-0.2, 0) is 13.1 Å². The summed E-state index contributed by atoms with van der Waals surface area (Å²) in [7, 11) is 0. The van der Waals surface area contributed by atoms with Crippen molar-refractivity contribution < 1.29 is 4.39 Å². The summed E-state index contributed by atoms with van der Waals surface area (Å²) in [5.74, 6) is -0.185. The minimum atomic E-state index is -0.185. The molecule has 3 aromatic rings. The normalized spacial score (nSPS) is 11.1. The number of rotatable bonds is 5. The maximum absolute atomic E-state index is 14.0. The van der Waals surface area contributed by atoms with E-state index >= 15 is 0 Å². The Labute approximate surface area is 123 Å². The molecule has 0 bridgehead atoms. The maximum atomic E-state index is 14.0. The highest BCUT2D eigenvalue weighted by Crippen LogP contribution is 2.17. The molecule has 0 aliphatic carbocycles. The average Bonchev–Trinajstić information content (AvgIpc) is 2.91. The molecule has 1 N–H and O–H groups in total. The second-order valence-electron chi connectivity index (χ2n) is 5.07. The fourth-order valence-electron chi connectivity index (χ4n) is 2.44. The Hall–Kier alpha value is -2.20. The van der Waals surface area contributed by atoms with E-state index < -0.39 is 0 Å². The van der Waals surface area contributed by atoms with E-state index in [0.29, 0.717) is 12.1 Å². The lowest BCUT2D eigenvalue weighted by molar-refractivity contribution is 0.588. The molecule has 0 unspecified atom stereocenters. The molecular weight excluding hydrogens is 265 g/mol. The molecule has 0 fully saturated rings. The van der Waals surface area contributed by atoms with Gasteiger partial charge in [-0.1, -0.05) is 31.2 Å². The molecule has 0 saturated heterocycles. The highest BCUT2D eigenvalue weighted by Gasteiger charge is 2.07. The molecule has 1 heterocycles. The number of hydrogen-bond acceptors (Lipinski definition) is 2. The van der Waals surface area contributed by atoms with Crippen molar-refractivity contribution in [3.63, 3.8) is 0 Å². The Bertz CT molecular complexity index is 749. The standard InChI is InChI=1S/C17H18FN3/c1-2-19-10-13-7-8-16(18)15(9-13)12-21-17-6-4-3-5-14(17)11-20-21/h3-9,11,19H,2,10,12H2,1H3. The van der Waals surface area contributed by atoms with Crippen LogP contribution < -0.4 is 5.32 Å². The molecule has 108 valence electrons. The SMILES string of the molecule is CCNCc1ccc(F)c(Cn2ncc3ccccc32)c1. The fourth-order valence-corrected chi connectivity index (χ4v) is 2.44. The average molecular weight is 283 g/mol. The summed E-state index contributed by atoms with van der Waals surface area (Å²) in [5.41, 5.74) is 2.78. The minimum Gasteiger partial charge on any atom is -0.313 e. The molecule has 4 heteroatoms. The van der Waals surface area contributed by atoms with Crippen LogP contribution in [0.5, 0.6) is 0 Å². The zero-order valence-electron chi connectivity index (χ0n) is 12.0. The maximum Gasteiger partial charge on any atom is 0.128 e. The lowest BCUT2D eigenvalue weighted by Gasteiger charge is -2.08. The number of fused-ring (bicyclic) bond motifs is 1. The van der Waals surface area contributed by atoms with Gasteiger partial charge in [0.2, 0.25) is 0 Å². The van der Waals surface area contributed by atoms with Gasteiger partial charge in [0.15, 0.2) is 0 Å². The van der Waals surface area contributed by atoms with Gasteiger partial charge in [0.25, 0.3) is 0 Å². The van der Waals surface area contributed by atoms with Gasteiger partial charge in [-0.05, 0) is 30.3 Å². The van der Waals surface area contributed by atoms with E-state index in [1.807, 2.05) is 47.3 Å². The molecule has 0 atom stereocenters. The Kier molecular flexibility index (Phi) is 3.97. The lowest BCUT2D eigenvalue weighted by Crippen LogP contribution is -2.12. The van der Waals surface area contributed by atoms with Crippen molar-refractivity contribution in [2.75, 3.05) is 6.54 Å². The monoisotopic (exact) mass is 283 g/mol. The van der Waals surface area contributed by atoms with Crippen LogP contribution in [0.3, 0.4) is 0 Å². The first-order valence-electron chi connectivity index (χ1n) is 7.16. The number of aromatic nitrogens is 2. The van der Waals surface area contributed by atoms with Crippen LogP contribution in [-0.4, -0.2) is 16.3 Å². The molecule has 3 nitrogen and oxygen atoms in total. The summed E-state index contributed by atoms with van der Waals surface area (Å²) in [6, 6.07) is 13.2. The molecule has 0 amide bonds. The van der Waals surface area contributed by atoms with Crippen LogP contribution in [0.25, 0.3) is 10.9 Å². The van der Waals surface area contributed by atoms with Crippen molar-refractivity contribution in [2.24, 2.45) is 0 Å². The molecule has 0 aliphatic rings. The zero-order chi connectivity index (χ0) is 14.7. The summed E-state index contributed by atoms with van der Waals surface area (Å²) in [6.45, 7) is 4.15. The second kappa shape index (κ2) is 6.06. The first-order valence-corrected chi connectivity index (χ1v) is 7.16. The molecule has 21 heavy (non-hydrogen) atoms. The summed E-state index contributed by atoms with van der Waals surface area (Å²) < 4.78 is 15.9. The first kappa shape index (κ1) is 13.8. The van der Waals surface area contributed by atoms with Crippen molar-refractivity contribution in [3.05, 3.63) is 65.6 Å². The van der Waals surface area contributed by atoms with Gasteiger partial charge >= 0.3 is 0 Å². The summed E-state index contributed by atoms with van der Waals surface area (Å²) in [4.78, 5) is 0. The summed E-state index contributed by atoms with van der Waals surface area (Å²) in [6.07, 6.45) is 1.82. The van der Waals surface area contributed by atoms with Crippen molar-refractivity contribution in [1.82, 2.24) is 15.1 Å². The van der Waals surface area contributed by atoms with Gasteiger partial charge in [-0.3, -0.25) is 4.68 Å². The van der Waals surface area contributed by atoms with E-state index in [9.17, 15) is 4.39 Å². The molecule has 3 rings (SSSR count). The molecule has 0 aliphatic heterocycles. The Morgan fingerprint density at radius 1 is 1.19 bits per heavy atom. The number of nitrogens with zero attached hydrogens (tertiary/aromatic N) is 2. The van der Waals surface area contributed by atoms with E-state index in [1.54, 1.807) is 0 Å². The predicted octanol–water partition coefficient (Wildman–Crippen LogP) is 3.33. The van der Waals surface area contributed by atoms with E-state index in [1.165, 1.54) is 6.07 Å². The fraction of sp³-hybridized carbons (Fsp3) is 0.235. The van der Waals surface area contributed by atoms with Crippen molar-refractivity contribution >= 4 is 10.9 Å². The molecule has 0 spiro atoms. The van der Waals surface area contributed by atoms with Crippen molar-refractivity contribution in [1.29, 1.82) is 0 Å². The number of hydrogen-bond donors (Lipinski definition) is 1. The minimum absolute atomic E-state index is 0.185. The van der Waals surface area contributed by atoms with Gasteiger partial charge in [0.1, 0.15) is 5.82 Å². The lowest BCUT2D eigenvalue weighted by atomic mass is 10.1. The van der Waals surface area contributed by atoms with Gasteiger partial charge < -0.3 is 5.32 Å². The molecule has 2 aromatic carbocycles. The number of halogens is 1. The van der Waals surface area contributed by atoms with Crippen LogP contribution in [0, 0.1) is 5.82 Å². The van der Waals surface area contributed by atoms with E-state index in [-0.39, 0.29) is 5.82 Å². The number of benzene rings is 2. The van der Waals surface area contributed by atoms with Gasteiger partial charge in [-0.25, -0.2) is 4.39 Å². The number of para-hydroxylation sites is 1. The third kappa shape index (κ3) is 2.95. The summed E-state index contributed by atoms with van der Waals surface area (Å²) >= 11 is 0. The Balaban J connectivity index is 1.90. The predicted molar refractivity (Wildman–Crippen MR) is 82.6 cm³/mol. The zero-order valence-corrected chi connectivity index (χ0v) is 12.0. The van der Waals surface area contributed by atoms with Gasteiger partial charge in [0, 0.05) is 17.5 Å². The van der Waals surface area contributed by atoms with E-state index in [0.717, 1.165) is 29.6 Å². The van der Waals surface area contributed by atoms with E-state index in [2.05, 4.69) is 17.3 Å².